The summed E-state index contributed by atoms with van der Waals surface area (Å²) in [5.74, 6) is 0.733. The van der Waals surface area contributed by atoms with E-state index in [1.165, 1.54) is 82.6 Å². The minimum absolute atomic E-state index is 0.416. The normalized spacial score (nSPS) is 11.1. The zero-order valence-corrected chi connectivity index (χ0v) is 24.6. The van der Waals surface area contributed by atoms with Gasteiger partial charge in [-0.1, -0.05) is 102 Å². The van der Waals surface area contributed by atoms with Crippen molar-refractivity contribution in [1.82, 2.24) is 9.97 Å². The Morgan fingerprint density at radius 2 is 1.28 bits per heavy atom. The van der Waals surface area contributed by atoms with Crippen LogP contribution in [0.3, 0.4) is 0 Å². The lowest BCUT2D eigenvalue weighted by Crippen LogP contribution is -2.08. The lowest BCUT2D eigenvalue weighted by Gasteiger charge is -2.09. The van der Waals surface area contributed by atoms with Crippen molar-refractivity contribution in [2.45, 2.75) is 110 Å². The molecule has 0 atom stereocenters. The minimum Gasteiger partial charge on any atom is -0.423 e. The maximum absolute atomic E-state index is 12.7. The Bertz CT molecular complexity index is 1110. The predicted octanol–water partition coefficient (Wildman–Crippen LogP) is 10.2. The van der Waals surface area contributed by atoms with Crippen LogP contribution in [0.15, 0.2) is 54.9 Å². The first-order valence-corrected chi connectivity index (χ1v) is 15.4. The Balaban J connectivity index is 1.44. The maximum Gasteiger partial charge on any atom is 0.343 e. The molecule has 0 N–H and O–H groups in total. The van der Waals surface area contributed by atoms with Crippen LogP contribution in [0.1, 0.15) is 119 Å². The number of hydrogen-bond donors (Lipinski definition) is 0. The van der Waals surface area contributed by atoms with E-state index in [2.05, 4.69) is 23.8 Å². The molecule has 0 aliphatic carbocycles. The summed E-state index contributed by atoms with van der Waals surface area (Å²) in [6.45, 7) is 4.47. The smallest absolute Gasteiger partial charge is 0.343 e. The molecule has 3 rings (SSSR count). The number of hydrogen-bond acceptors (Lipinski definition) is 4. The molecule has 210 valence electrons. The van der Waals surface area contributed by atoms with Crippen molar-refractivity contribution in [3.63, 3.8) is 0 Å². The van der Waals surface area contributed by atoms with Crippen LogP contribution < -0.4 is 4.74 Å². The molecule has 0 radical (unpaired) electrons. The number of nitrogens with zero attached hydrogens (tertiary/aromatic N) is 2. The van der Waals surface area contributed by atoms with Gasteiger partial charge in [0.1, 0.15) is 5.75 Å². The molecule has 4 nitrogen and oxygen atoms in total. The van der Waals surface area contributed by atoms with E-state index in [-0.39, 0.29) is 0 Å². The number of carbonyl (C=O) groups excluding carboxylic acids is 1. The molecule has 0 aliphatic heterocycles. The Morgan fingerprint density at radius 3 is 1.87 bits per heavy atom. The number of esters is 1. The molecule has 1 aromatic heterocycles. The number of halogens is 1. The summed E-state index contributed by atoms with van der Waals surface area (Å²) in [6.07, 6.45) is 22.4. The van der Waals surface area contributed by atoms with Gasteiger partial charge in [-0.2, -0.15) is 0 Å². The van der Waals surface area contributed by atoms with E-state index in [4.69, 9.17) is 16.3 Å². The van der Waals surface area contributed by atoms with Gasteiger partial charge in [-0.3, -0.25) is 0 Å². The number of aryl methyl sites for hydroxylation is 2. The van der Waals surface area contributed by atoms with Crippen molar-refractivity contribution in [2.75, 3.05) is 0 Å². The first-order valence-electron chi connectivity index (χ1n) is 15.0. The minimum atomic E-state index is -0.416. The summed E-state index contributed by atoms with van der Waals surface area (Å²) >= 11 is 6.46. The van der Waals surface area contributed by atoms with E-state index in [0.29, 0.717) is 22.2 Å². The second-order valence-corrected chi connectivity index (χ2v) is 10.9. The molecule has 0 saturated heterocycles. The van der Waals surface area contributed by atoms with E-state index in [9.17, 15) is 4.79 Å². The first kappa shape index (κ1) is 30.8. The van der Waals surface area contributed by atoms with Gasteiger partial charge in [-0.25, -0.2) is 14.8 Å². The molecule has 3 aromatic rings. The van der Waals surface area contributed by atoms with Gasteiger partial charge >= 0.3 is 5.97 Å². The van der Waals surface area contributed by atoms with Crippen LogP contribution in [0.5, 0.6) is 5.75 Å². The van der Waals surface area contributed by atoms with Crippen LogP contribution in [0.25, 0.3) is 11.4 Å². The standard InChI is InChI=1S/C34H45ClN2O2/c1-3-5-7-9-10-11-13-14-16-27-25-36-33(37-26-27)29-20-22-31(23-21-29)39-34(38)30-19-18-28(32(35)24-30)17-15-12-8-6-4-2/h18-26H,3-17H2,1-2H3. The van der Waals surface area contributed by atoms with E-state index < -0.39 is 5.97 Å². The molecule has 0 fully saturated rings. The maximum atomic E-state index is 12.7. The third kappa shape index (κ3) is 11.1. The van der Waals surface area contributed by atoms with Crippen molar-refractivity contribution in [3.8, 4) is 17.1 Å². The number of benzene rings is 2. The highest BCUT2D eigenvalue weighted by atomic mass is 35.5. The van der Waals surface area contributed by atoms with Gasteiger partial charge in [0, 0.05) is 23.0 Å². The second-order valence-electron chi connectivity index (χ2n) is 10.5. The van der Waals surface area contributed by atoms with Gasteiger partial charge in [-0.05, 0) is 73.2 Å². The largest absolute Gasteiger partial charge is 0.423 e. The molecular weight excluding hydrogens is 504 g/mol. The van der Waals surface area contributed by atoms with Gasteiger partial charge in [0.25, 0.3) is 0 Å². The molecule has 2 aromatic carbocycles. The first-order chi connectivity index (χ1) is 19.1. The fourth-order valence-electron chi connectivity index (χ4n) is 4.73. The molecule has 0 unspecified atom stereocenters. The van der Waals surface area contributed by atoms with Crippen molar-refractivity contribution in [1.29, 1.82) is 0 Å². The van der Waals surface area contributed by atoms with Crippen LogP contribution in [-0.2, 0) is 12.8 Å². The summed E-state index contributed by atoms with van der Waals surface area (Å²) in [6, 6.07) is 12.8. The molecule has 0 bridgehead atoms. The average molecular weight is 549 g/mol. The third-order valence-corrected chi connectivity index (χ3v) is 7.54. The van der Waals surface area contributed by atoms with E-state index in [1.54, 1.807) is 24.3 Å². The van der Waals surface area contributed by atoms with Crippen LogP contribution in [-0.4, -0.2) is 15.9 Å². The van der Waals surface area contributed by atoms with Crippen LogP contribution >= 0.6 is 11.6 Å². The summed E-state index contributed by atoms with van der Waals surface area (Å²) in [4.78, 5) is 21.8. The number of unbranched alkanes of at least 4 members (excludes halogenated alkanes) is 11. The lowest BCUT2D eigenvalue weighted by molar-refractivity contribution is 0.0734. The fourth-order valence-corrected chi connectivity index (χ4v) is 5.01. The summed E-state index contributed by atoms with van der Waals surface area (Å²) in [5, 5.41) is 0.623. The van der Waals surface area contributed by atoms with E-state index >= 15 is 0 Å². The second kappa shape index (κ2) is 17.8. The highest BCUT2D eigenvalue weighted by molar-refractivity contribution is 6.31. The molecule has 0 aliphatic rings. The summed E-state index contributed by atoms with van der Waals surface area (Å²) in [7, 11) is 0. The Labute approximate surface area is 240 Å². The van der Waals surface area contributed by atoms with Gasteiger partial charge in [0.05, 0.1) is 5.56 Å². The zero-order valence-electron chi connectivity index (χ0n) is 23.9. The summed E-state index contributed by atoms with van der Waals surface area (Å²) in [5.41, 5.74) is 3.60. The number of ether oxygens (including phenoxy) is 1. The highest BCUT2D eigenvalue weighted by Gasteiger charge is 2.12. The van der Waals surface area contributed by atoms with Crippen molar-refractivity contribution in [3.05, 3.63) is 76.6 Å². The SMILES string of the molecule is CCCCCCCCCCc1cnc(-c2ccc(OC(=O)c3ccc(CCCCCCC)c(Cl)c3)cc2)nc1. The van der Waals surface area contributed by atoms with Crippen molar-refractivity contribution < 1.29 is 9.53 Å². The lowest BCUT2D eigenvalue weighted by atomic mass is 10.0. The summed E-state index contributed by atoms with van der Waals surface area (Å²) < 4.78 is 5.58. The molecule has 0 saturated carbocycles. The molecule has 5 heteroatoms. The van der Waals surface area contributed by atoms with Gasteiger partial charge < -0.3 is 4.74 Å². The van der Waals surface area contributed by atoms with E-state index in [0.717, 1.165) is 30.4 Å². The molecule has 0 spiro atoms. The van der Waals surface area contributed by atoms with Crippen LogP contribution in [0, 0.1) is 0 Å². The van der Waals surface area contributed by atoms with Crippen molar-refractivity contribution in [2.24, 2.45) is 0 Å². The van der Waals surface area contributed by atoms with Crippen LogP contribution in [0.4, 0.5) is 0 Å². The Morgan fingerprint density at radius 1 is 0.718 bits per heavy atom. The fraction of sp³-hybridized carbons (Fsp3) is 0.500. The Kier molecular flexibility index (Phi) is 14.1. The molecule has 0 amide bonds. The average Bonchev–Trinajstić information content (AvgIpc) is 2.96. The zero-order chi connectivity index (χ0) is 27.7. The predicted molar refractivity (Wildman–Crippen MR) is 163 cm³/mol. The van der Waals surface area contributed by atoms with Crippen LogP contribution in [0.2, 0.25) is 5.02 Å². The quantitative estimate of drug-likeness (QED) is 0.0900. The molecular formula is C34H45ClN2O2. The molecule has 1 heterocycles. The molecule has 39 heavy (non-hydrogen) atoms. The third-order valence-electron chi connectivity index (χ3n) is 7.19. The van der Waals surface area contributed by atoms with Crippen molar-refractivity contribution >= 4 is 17.6 Å². The highest BCUT2D eigenvalue weighted by Crippen LogP contribution is 2.24. The van der Waals surface area contributed by atoms with Gasteiger partial charge in [-0.15, -0.1) is 0 Å². The number of rotatable bonds is 18. The number of carbonyl (C=O) groups is 1. The number of aromatic nitrogens is 2. The van der Waals surface area contributed by atoms with E-state index in [1.807, 2.05) is 30.6 Å². The van der Waals surface area contributed by atoms with Gasteiger partial charge in [0.2, 0.25) is 0 Å². The Hall–Kier alpha value is -2.72. The van der Waals surface area contributed by atoms with Gasteiger partial charge in [0.15, 0.2) is 5.82 Å². The monoisotopic (exact) mass is 548 g/mol. The topological polar surface area (TPSA) is 52.1 Å².